The normalized spacial score (nSPS) is 11.0. The van der Waals surface area contributed by atoms with Gasteiger partial charge in [0, 0.05) is 77.6 Å². The molecule has 0 amide bonds. The molecule has 0 saturated carbocycles. The third kappa shape index (κ3) is 27.1. The minimum atomic E-state index is -1.52. The van der Waals surface area contributed by atoms with Crippen molar-refractivity contribution in [2.75, 3.05) is 32.4 Å². The van der Waals surface area contributed by atoms with E-state index in [0.29, 0.717) is 131 Å². The van der Waals surface area contributed by atoms with Crippen molar-refractivity contribution in [1.29, 1.82) is 0 Å². The number of anilines is 3. The lowest BCUT2D eigenvalue weighted by molar-refractivity contribution is -0.386. The molecule has 6 heterocycles. The smallest absolute Gasteiger partial charge is 0.481 e. The van der Waals surface area contributed by atoms with Gasteiger partial charge in [-0.25, -0.2) is 52.4 Å². The number of ether oxygens (including phenoxy) is 3. The van der Waals surface area contributed by atoms with Crippen LogP contribution in [0.3, 0.4) is 0 Å². The topological polar surface area (TPSA) is 350 Å². The highest BCUT2D eigenvalue weighted by atomic mass is 79.9. The number of aromatic nitrogens is 8. The van der Waals surface area contributed by atoms with E-state index >= 15 is 0 Å². The number of benzene rings is 4. The fourth-order valence-corrected chi connectivity index (χ4v) is 11.9. The number of hydrogen-bond acceptors (Lipinski definition) is 21. The number of Topliss-reactive ketones (excluding diaryl/α,β-unsaturated/α-hetero) is 2. The van der Waals surface area contributed by atoms with Crippen molar-refractivity contribution in [3.05, 3.63) is 241 Å². The maximum atomic E-state index is 13.7. The third-order valence-electron chi connectivity index (χ3n) is 16.9. The van der Waals surface area contributed by atoms with E-state index in [1.807, 2.05) is 75.3 Å². The monoisotopic (exact) mass is 1690 g/mol. The molecule has 24 nitrogen and oxygen atoms in total. The van der Waals surface area contributed by atoms with Gasteiger partial charge in [-0.3, -0.25) is 34.6 Å². The van der Waals surface area contributed by atoms with Crippen LogP contribution in [-0.2, 0) is 35.3 Å². The number of halogens is 6. The minimum Gasteiger partial charge on any atom is -0.481 e. The van der Waals surface area contributed by atoms with Gasteiger partial charge in [0.1, 0.15) is 69.8 Å². The van der Waals surface area contributed by atoms with E-state index in [0.717, 1.165) is 45.0 Å². The van der Waals surface area contributed by atoms with Gasteiger partial charge in [0.05, 0.1) is 69.7 Å². The van der Waals surface area contributed by atoms with E-state index in [1.165, 1.54) is 75.4 Å². The van der Waals surface area contributed by atoms with Crippen molar-refractivity contribution in [1.82, 2.24) is 39.9 Å². The number of nitrogens with one attached hydrogen (secondary N) is 2. The number of nitrogens with zero attached hydrogens (tertiary/aromatic N) is 9. The van der Waals surface area contributed by atoms with Gasteiger partial charge in [0.25, 0.3) is 16.9 Å². The fraction of sp³-hybridized carbons (Fsp3) is 0.365. The predicted molar refractivity (Wildman–Crippen MR) is 461 cm³/mol. The maximum Gasteiger partial charge on any atom is 0.488 e. The number of carbonyl (C=O) groups is 2. The van der Waals surface area contributed by atoms with Gasteiger partial charge in [-0.1, -0.05) is 156 Å². The SMILES string of the molecule is C.C.C.C.C.C.CC.COc1nc(C(C)C)c(N)cc1-c1ccc(F)c(C)c1.COc1nc(C(C)C)c([N+](=O)[O-])cc1-c1ccc(F)c(C)c1.COc1nc(C(C)C)c([N+](=O)[O-])cc1Br.Cc1cc(-c2cc(Nc3ncnc4c3CC(=O)C4)c(C(C)C)[nH]c2=O)ccc1F.Cc1cc(B(O)O)ccc1F.O=C1Cc2ncnc(Cl)c2C1. The Labute approximate surface area is 692 Å². The zero-order valence-corrected chi connectivity index (χ0v) is 66.3. The molecule has 12 rings (SSSR count). The number of hydrogen-bond donors (Lipinski definition) is 5. The summed E-state index contributed by atoms with van der Waals surface area (Å²) in [5, 5.41) is 43.1. The molecule has 31 heteroatoms. The highest BCUT2D eigenvalue weighted by Crippen LogP contribution is 2.39. The highest BCUT2D eigenvalue weighted by Gasteiger charge is 2.28. The summed E-state index contributed by atoms with van der Waals surface area (Å²) in [5.74, 6) is 0.923. The number of methoxy groups -OCH3 is 3. The van der Waals surface area contributed by atoms with Gasteiger partial charge >= 0.3 is 7.12 Å². The van der Waals surface area contributed by atoms with Crippen LogP contribution in [0, 0.1) is 71.2 Å². The Morgan fingerprint density at radius 1 is 0.526 bits per heavy atom. The second-order valence-electron chi connectivity index (χ2n) is 26.2. The summed E-state index contributed by atoms with van der Waals surface area (Å²) in [6.07, 6.45) is 4.25. The molecule has 0 radical (unpaired) electrons. The molecule has 0 saturated heterocycles. The zero-order chi connectivity index (χ0) is 81.9. The first kappa shape index (κ1) is 105. The molecule has 0 atom stereocenters. The second-order valence-corrected chi connectivity index (χ2v) is 27.5. The van der Waals surface area contributed by atoms with Gasteiger partial charge in [-0.15, -0.1) is 0 Å². The molecule has 628 valence electrons. The van der Waals surface area contributed by atoms with Gasteiger partial charge < -0.3 is 40.3 Å². The van der Waals surface area contributed by atoms with Crippen LogP contribution >= 0.6 is 27.5 Å². The fourth-order valence-electron chi connectivity index (χ4n) is 11.2. The number of nitro groups is 2. The molecule has 6 N–H and O–H groups in total. The van der Waals surface area contributed by atoms with Crippen LogP contribution in [0.25, 0.3) is 33.4 Å². The van der Waals surface area contributed by atoms with Crippen molar-refractivity contribution in [3.63, 3.8) is 0 Å². The number of ketones is 2. The number of aromatic amines is 1. The summed E-state index contributed by atoms with van der Waals surface area (Å²) in [5.41, 5.74) is 18.5. The molecule has 116 heavy (non-hydrogen) atoms. The van der Waals surface area contributed by atoms with Crippen molar-refractivity contribution >= 4 is 80.2 Å². The number of pyridine rings is 4. The zero-order valence-electron chi connectivity index (χ0n) is 64.0. The molecule has 2 aliphatic carbocycles. The van der Waals surface area contributed by atoms with Crippen molar-refractivity contribution in [2.24, 2.45) is 0 Å². The van der Waals surface area contributed by atoms with Gasteiger partial charge in [-0.05, 0) is 154 Å². The molecular weight excluding hydrogens is 1580 g/mol. The first-order chi connectivity index (χ1) is 52.0. The van der Waals surface area contributed by atoms with Gasteiger partial charge in [0.15, 0.2) is 0 Å². The molecule has 0 aliphatic heterocycles. The number of fused-ring (bicyclic) bond motifs is 2. The number of nitrogens with two attached hydrogens (primary N) is 1. The lowest BCUT2D eigenvalue weighted by atomic mass is 9.80. The molecule has 2 aliphatic rings. The van der Waals surface area contributed by atoms with Gasteiger partial charge in [-0.2, -0.15) is 0 Å². The van der Waals surface area contributed by atoms with E-state index in [-0.39, 0.29) is 120 Å². The van der Waals surface area contributed by atoms with Crippen LogP contribution in [0.15, 0.2) is 119 Å². The summed E-state index contributed by atoms with van der Waals surface area (Å²) < 4.78 is 69.2. The van der Waals surface area contributed by atoms with E-state index in [9.17, 15) is 52.2 Å². The minimum absolute atomic E-state index is 0. The Balaban J connectivity index is 0.00000139. The largest absolute Gasteiger partial charge is 0.488 e. The van der Waals surface area contributed by atoms with Crippen molar-refractivity contribution in [2.45, 2.75) is 191 Å². The number of rotatable bonds is 15. The van der Waals surface area contributed by atoms with Crippen LogP contribution in [0.4, 0.5) is 46.1 Å². The molecule has 0 fully saturated rings. The summed E-state index contributed by atoms with van der Waals surface area (Å²) in [6.45, 7) is 26.0. The summed E-state index contributed by atoms with van der Waals surface area (Å²) in [6, 6.07) is 24.4. The van der Waals surface area contributed by atoms with Crippen molar-refractivity contribution in [3.8, 4) is 51.0 Å². The number of carbonyl (C=O) groups excluding carboxylic acids is 2. The van der Waals surface area contributed by atoms with Crippen LogP contribution in [0.1, 0.15) is 205 Å². The number of aryl methyl sites for hydroxylation is 4. The highest BCUT2D eigenvalue weighted by molar-refractivity contribution is 9.10. The van der Waals surface area contributed by atoms with E-state index in [4.69, 9.17) is 41.6 Å². The molecule has 6 aromatic heterocycles. The standard InChI is InChI=1S/C22H21FN4O2.C16H17FN2O3.C16H19FN2O.C9H11BrN2O3.C7H8BFO2.C7H5ClN2O.C2H6.6CH4/c1-11(2)20-19(26-21-16-7-14(28)8-18(16)24-10-25-21)9-15(22(29)27-20)13-4-5-17(23)12(3)6-13;1-9(2)15-14(19(20)21)8-12(16(18-15)22-4)11-5-6-13(17)10(3)7-11;1-9(2)15-14(18)8-12(16(19-15)20-4)11-5-6-13(17)10(3)7-11;1-5(2)8-7(12(13)14)4-6(10)9(11-8)15-3;1-5-4-6(8(10)11)2-3-7(5)9;8-7-5-1-4(11)2-6(5)9-3-10-7;1-2;;;;;;/h4-6,9-11H,7-8H2,1-3H3,(H,27,29)(H,24,25,26);5-9H,1-4H3;5-9H,18H2,1-4H3;4-5H,1-3H3;2-4,10-11H,1H3;3H,1-2H2;1-2H3;6*1H4. The number of nitrogen functional groups attached to an aromatic ring is 1. The molecule has 10 aromatic rings. The van der Waals surface area contributed by atoms with Crippen LogP contribution < -0.4 is 36.3 Å². The molecule has 4 aromatic carbocycles. The molecule has 0 bridgehead atoms. The average Bonchev–Trinajstić information content (AvgIpc) is 1.17. The van der Waals surface area contributed by atoms with E-state index in [2.05, 4.69) is 61.1 Å². The van der Waals surface area contributed by atoms with Gasteiger partial charge in [0.2, 0.25) is 17.6 Å². The van der Waals surface area contributed by atoms with Crippen molar-refractivity contribution < 1.29 is 61.3 Å². The Morgan fingerprint density at radius 3 is 1.32 bits per heavy atom. The maximum absolute atomic E-state index is 13.7. The Bertz CT molecular complexity index is 5080. The number of H-pyrrole nitrogens is 1. The lowest BCUT2D eigenvalue weighted by Crippen LogP contribution is -2.29. The molecular formula is C85H111BBrClF4N12O12. The molecule has 0 spiro atoms. The van der Waals surface area contributed by atoms with Crippen LogP contribution in [0.5, 0.6) is 17.6 Å². The summed E-state index contributed by atoms with van der Waals surface area (Å²) in [4.78, 5) is 88.8. The van der Waals surface area contributed by atoms with E-state index in [1.54, 1.807) is 77.3 Å². The second kappa shape index (κ2) is 47.8. The predicted octanol–water partition coefficient (Wildman–Crippen LogP) is 20.3. The average molecular weight is 1700 g/mol. The quantitative estimate of drug-likeness (QED) is 0.0209. The summed E-state index contributed by atoms with van der Waals surface area (Å²) >= 11 is 8.90. The van der Waals surface area contributed by atoms with Crippen LogP contribution in [0.2, 0.25) is 5.15 Å². The Hall–Kier alpha value is -10.9. The van der Waals surface area contributed by atoms with Crippen LogP contribution in [-0.4, -0.2) is 99.8 Å². The third-order valence-corrected chi connectivity index (χ3v) is 17.8. The first-order valence-electron chi connectivity index (χ1n) is 34.7. The Morgan fingerprint density at radius 2 is 0.914 bits per heavy atom. The van der Waals surface area contributed by atoms with E-state index < -0.39 is 17.0 Å². The first-order valence-corrected chi connectivity index (χ1v) is 35.9. The lowest BCUT2D eigenvalue weighted by Gasteiger charge is -2.17. The Kier molecular flexibility index (Phi) is 43.3. The molecule has 0 unspecified atom stereocenters. The summed E-state index contributed by atoms with van der Waals surface area (Å²) in [7, 11) is 2.98.